The van der Waals surface area contributed by atoms with Crippen LogP contribution in [0.5, 0.6) is 0 Å². The van der Waals surface area contributed by atoms with Crippen LogP contribution in [0.15, 0.2) is 42.6 Å². The van der Waals surface area contributed by atoms with Crippen molar-refractivity contribution in [3.8, 4) is 0 Å². The van der Waals surface area contributed by atoms with Gasteiger partial charge in [-0.1, -0.05) is 29.0 Å². The number of imidazole rings is 1. The van der Waals surface area contributed by atoms with Crippen LogP contribution >= 0.6 is 22.9 Å². The summed E-state index contributed by atoms with van der Waals surface area (Å²) in [6, 6.07) is 11.3. The van der Waals surface area contributed by atoms with E-state index in [9.17, 15) is 4.79 Å². The van der Waals surface area contributed by atoms with Gasteiger partial charge in [-0.25, -0.2) is 9.97 Å². The lowest BCUT2D eigenvalue weighted by Gasteiger charge is -2.23. The molecule has 1 aliphatic heterocycles. The number of thiazole rings is 1. The van der Waals surface area contributed by atoms with E-state index in [-0.39, 0.29) is 12.0 Å². The first kappa shape index (κ1) is 18.5. The predicted octanol–water partition coefficient (Wildman–Crippen LogP) is 4.73. The Labute approximate surface area is 176 Å². The van der Waals surface area contributed by atoms with Gasteiger partial charge in [-0.05, 0) is 50.1 Å². The molecule has 1 aromatic carbocycles. The normalized spacial score (nSPS) is 16.7. The Balaban J connectivity index is 1.60. The number of aromatic nitrogens is 3. The van der Waals surface area contributed by atoms with E-state index in [1.165, 1.54) is 11.3 Å². The number of benzene rings is 1. The van der Waals surface area contributed by atoms with E-state index in [2.05, 4.69) is 4.98 Å². The summed E-state index contributed by atoms with van der Waals surface area (Å²) in [5.74, 6) is -0.123. The van der Waals surface area contributed by atoms with Gasteiger partial charge in [0.1, 0.15) is 11.3 Å². The molecule has 1 fully saturated rings. The van der Waals surface area contributed by atoms with Gasteiger partial charge in [0.2, 0.25) is 0 Å². The third-order valence-corrected chi connectivity index (χ3v) is 6.41. The van der Waals surface area contributed by atoms with Crippen LogP contribution in [-0.2, 0) is 4.74 Å². The van der Waals surface area contributed by atoms with E-state index in [1.54, 1.807) is 4.90 Å². The number of anilines is 1. The van der Waals surface area contributed by atoms with Gasteiger partial charge in [0, 0.05) is 17.8 Å². The van der Waals surface area contributed by atoms with Gasteiger partial charge in [0.15, 0.2) is 5.13 Å². The minimum absolute atomic E-state index is 0.00837. The fourth-order valence-corrected chi connectivity index (χ4v) is 4.99. The zero-order chi connectivity index (χ0) is 20.0. The Morgan fingerprint density at radius 3 is 3.07 bits per heavy atom. The highest BCUT2D eigenvalue weighted by molar-refractivity contribution is 7.22. The van der Waals surface area contributed by atoms with Crippen molar-refractivity contribution in [2.75, 3.05) is 18.1 Å². The summed E-state index contributed by atoms with van der Waals surface area (Å²) in [4.78, 5) is 24.7. The van der Waals surface area contributed by atoms with E-state index in [0.717, 1.165) is 35.3 Å². The molecular weight excluding hydrogens is 408 g/mol. The Kier molecular flexibility index (Phi) is 4.73. The van der Waals surface area contributed by atoms with Crippen molar-refractivity contribution in [2.45, 2.75) is 25.9 Å². The second-order valence-electron chi connectivity index (χ2n) is 7.13. The quantitative estimate of drug-likeness (QED) is 0.473. The molecule has 5 rings (SSSR count). The van der Waals surface area contributed by atoms with Gasteiger partial charge in [-0.3, -0.25) is 14.1 Å². The predicted molar refractivity (Wildman–Crippen MR) is 115 cm³/mol. The molecule has 0 radical (unpaired) electrons. The third-order valence-electron chi connectivity index (χ3n) is 5.13. The number of ether oxygens (including phenoxy) is 1. The van der Waals surface area contributed by atoms with Crippen LogP contribution in [0.25, 0.3) is 15.9 Å². The zero-order valence-electron chi connectivity index (χ0n) is 15.8. The average molecular weight is 427 g/mol. The highest BCUT2D eigenvalue weighted by Gasteiger charge is 2.30. The van der Waals surface area contributed by atoms with E-state index >= 15 is 0 Å². The number of aryl methyl sites for hydroxylation is 1. The van der Waals surface area contributed by atoms with Crippen molar-refractivity contribution >= 4 is 49.8 Å². The molecule has 148 valence electrons. The molecule has 1 amide bonds. The number of hydrogen-bond donors (Lipinski definition) is 0. The van der Waals surface area contributed by atoms with Crippen molar-refractivity contribution in [1.29, 1.82) is 0 Å². The minimum atomic E-state index is -0.123. The first-order valence-corrected chi connectivity index (χ1v) is 10.7. The maximum atomic E-state index is 13.7. The lowest BCUT2D eigenvalue weighted by Crippen LogP contribution is -2.38. The number of nitrogens with zero attached hydrogens (tertiary/aromatic N) is 4. The summed E-state index contributed by atoms with van der Waals surface area (Å²) >= 11 is 7.61. The number of hydrogen-bond acceptors (Lipinski definition) is 5. The molecule has 1 unspecified atom stereocenters. The van der Waals surface area contributed by atoms with Gasteiger partial charge in [-0.15, -0.1) is 0 Å². The molecule has 8 heteroatoms. The van der Waals surface area contributed by atoms with Crippen molar-refractivity contribution in [2.24, 2.45) is 0 Å². The standard InChI is InChI=1S/C21H19ClN4O2S/c1-13-19(25-9-3-2-6-18(25)23-13)20(27)26(12-15-5-4-10-28-15)21-24-16-8-7-14(22)11-17(16)29-21/h2-3,6-9,11,15H,4-5,10,12H2,1H3. The van der Waals surface area contributed by atoms with Crippen LogP contribution < -0.4 is 4.90 Å². The fraction of sp³-hybridized carbons (Fsp3) is 0.286. The number of rotatable bonds is 4. The molecule has 1 atom stereocenters. The SMILES string of the molecule is Cc1nc2ccccn2c1C(=O)N(CC1CCCO1)c1nc2ccc(Cl)cc2s1. The van der Waals surface area contributed by atoms with E-state index < -0.39 is 0 Å². The molecule has 6 nitrogen and oxygen atoms in total. The average Bonchev–Trinajstić information content (AvgIpc) is 3.42. The molecule has 0 aliphatic carbocycles. The molecule has 4 heterocycles. The van der Waals surface area contributed by atoms with Crippen LogP contribution in [0.4, 0.5) is 5.13 Å². The summed E-state index contributed by atoms with van der Waals surface area (Å²) in [7, 11) is 0. The Morgan fingerprint density at radius 1 is 1.34 bits per heavy atom. The van der Waals surface area contributed by atoms with E-state index in [0.29, 0.717) is 28.1 Å². The summed E-state index contributed by atoms with van der Waals surface area (Å²) in [6.07, 6.45) is 3.82. The third kappa shape index (κ3) is 3.39. The first-order chi connectivity index (χ1) is 14.1. The number of pyridine rings is 1. The monoisotopic (exact) mass is 426 g/mol. The molecular formula is C21H19ClN4O2S. The van der Waals surface area contributed by atoms with Gasteiger partial charge in [0.05, 0.1) is 28.6 Å². The number of fused-ring (bicyclic) bond motifs is 2. The molecule has 0 saturated carbocycles. The van der Waals surface area contributed by atoms with Gasteiger partial charge < -0.3 is 4.74 Å². The maximum Gasteiger partial charge on any atom is 0.279 e. The lowest BCUT2D eigenvalue weighted by molar-refractivity contribution is 0.0912. The van der Waals surface area contributed by atoms with Crippen LogP contribution in [0.1, 0.15) is 29.0 Å². The second kappa shape index (κ2) is 7.40. The van der Waals surface area contributed by atoms with Crippen molar-refractivity contribution < 1.29 is 9.53 Å². The Bertz CT molecular complexity index is 1210. The van der Waals surface area contributed by atoms with Crippen LogP contribution in [-0.4, -0.2) is 39.5 Å². The zero-order valence-corrected chi connectivity index (χ0v) is 17.4. The van der Waals surface area contributed by atoms with E-state index in [4.69, 9.17) is 21.3 Å². The largest absolute Gasteiger partial charge is 0.376 e. The summed E-state index contributed by atoms with van der Waals surface area (Å²) in [6.45, 7) is 3.06. The molecule has 0 spiro atoms. The van der Waals surface area contributed by atoms with Gasteiger partial charge >= 0.3 is 0 Å². The highest BCUT2D eigenvalue weighted by atomic mass is 35.5. The minimum Gasteiger partial charge on any atom is -0.376 e. The lowest BCUT2D eigenvalue weighted by atomic mass is 10.2. The van der Waals surface area contributed by atoms with Gasteiger partial charge in [0.25, 0.3) is 5.91 Å². The number of carbonyl (C=O) groups excluding carboxylic acids is 1. The molecule has 0 bridgehead atoms. The highest BCUT2D eigenvalue weighted by Crippen LogP contribution is 2.32. The number of halogens is 1. The van der Waals surface area contributed by atoms with E-state index in [1.807, 2.05) is 53.9 Å². The Morgan fingerprint density at radius 2 is 2.24 bits per heavy atom. The van der Waals surface area contributed by atoms with Crippen molar-refractivity contribution in [1.82, 2.24) is 14.4 Å². The number of amides is 1. The molecule has 3 aromatic heterocycles. The van der Waals surface area contributed by atoms with Crippen molar-refractivity contribution in [3.05, 3.63) is 59.0 Å². The molecule has 29 heavy (non-hydrogen) atoms. The fourth-order valence-electron chi connectivity index (χ4n) is 3.74. The first-order valence-electron chi connectivity index (χ1n) is 9.53. The summed E-state index contributed by atoms with van der Waals surface area (Å²) < 4.78 is 8.61. The molecule has 1 aliphatic rings. The van der Waals surface area contributed by atoms with Crippen LogP contribution in [0.3, 0.4) is 0 Å². The van der Waals surface area contributed by atoms with Crippen LogP contribution in [0.2, 0.25) is 5.02 Å². The summed E-state index contributed by atoms with van der Waals surface area (Å²) in [5, 5.41) is 1.30. The Hall–Kier alpha value is -2.48. The molecule has 4 aromatic rings. The van der Waals surface area contributed by atoms with Crippen LogP contribution in [0, 0.1) is 6.92 Å². The molecule has 1 saturated heterocycles. The smallest absolute Gasteiger partial charge is 0.279 e. The maximum absolute atomic E-state index is 13.7. The summed E-state index contributed by atoms with van der Waals surface area (Å²) in [5.41, 5.74) is 2.83. The topological polar surface area (TPSA) is 59.7 Å². The van der Waals surface area contributed by atoms with Crippen molar-refractivity contribution in [3.63, 3.8) is 0 Å². The second-order valence-corrected chi connectivity index (χ2v) is 8.58. The molecule has 0 N–H and O–H groups in total. The number of carbonyl (C=O) groups is 1. The van der Waals surface area contributed by atoms with Gasteiger partial charge in [-0.2, -0.15) is 0 Å².